The van der Waals surface area contributed by atoms with Crippen molar-refractivity contribution in [1.29, 1.82) is 0 Å². The Morgan fingerprint density at radius 1 is 1.38 bits per heavy atom. The van der Waals surface area contributed by atoms with Gasteiger partial charge in [-0.3, -0.25) is 14.6 Å². The van der Waals surface area contributed by atoms with E-state index in [1.54, 1.807) is 13.1 Å². The first-order valence-corrected chi connectivity index (χ1v) is 7.79. The van der Waals surface area contributed by atoms with Crippen LogP contribution in [0, 0.1) is 0 Å². The van der Waals surface area contributed by atoms with Crippen LogP contribution in [-0.2, 0) is 16.1 Å². The molecule has 1 atom stereocenters. The van der Waals surface area contributed by atoms with Crippen LogP contribution in [0.1, 0.15) is 18.9 Å². The second-order valence-electron chi connectivity index (χ2n) is 5.20. The van der Waals surface area contributed by atoms with Gasteiger partial charge in [0.2, 0.25) is 5.91 Å². The zero-order valence-electron chi connectivity index (χ0n) is 11.8. The maximum absolute atomic E-state index is 12.1. The fourth-order valence-corrected chi connectivity index (χ4v) is 3.66. The summed E-state index contributed by atoms with van der Waals surface area (Å²) in [6, 6.07) is 9.90. The lowest BCUT2D eigenvalue weighted by atomic mass is 10.1. The Morgan fingerprint density at radius 2 is 2.24 bits per heavy atom. The molecule has 4 nitrogen and oxygen atoms in total. The Balaban J connectivity index is 1.79. The smallest absolute Gasteiger partial charge is 0.224 e. The number of likely N-dealkylation sites (tertiary alicyclic amines) is 1. The van der Waals surface area contributed by atoms with E-state index in [0.29, 0.717) is 19.5 Å². The number of nitrogens with zero attached hydrogens (tertiary/aromatic N) is 2. The second-order valence-corrected chi connectivity index (χ2v) is 6.67. The third-order valence-electron chi connectivity index (χ3n) is 3.61. The molecule has 0 spiro atoms. The van der Waals surface area contributed by atoms with Gasteiger partial charge in [0.1, 0.15) is 0 Å². The van der Waals surface area contributed by atoms with Crippen LogP contribution in [0.4, 0.5) is 0 Å². The highest BCUT2D eigenvalue weighted by atomic mass is 32.2. The minimum absolute atomic E-state index is 0.0732. The first-order valence-electron chi connectivity index (χ1n) is 6.91. The number of thioether (sulfide) groups is 1. The molecule has 2 heterocycles. The van der Waals surface area contributed by atoms with Crippen LogP contribution in [0.3, 0.4) is 0 Å². The van der Waals surface area contributed by atoms with Crippen molar-refractivity contribution >= 4 is 33.7 Å². The molecule has 1 aliphatic rings. The highest BCUT2D eigenvalue weighted by Gasteiger charge is 2.31. The maximum atomic E-state index is 12.1. The second kappa shape index (κ2) is 5.85. The molecule has 0 aliphatic carbocycles. The molecule has 3 rings (SSSR count). The minimum Gasteiger partial charge on any atom is -0.337 e. The van der Waals surface area contributed by atoms with Crippen molar-refractivity contribution in [2.45, 2.75) is 25.1 Å². The summed E-state index contributed by atoms with van der Waals surface area (Å²) in [5.41, 5.74) is 2.04. The normalized spacial score (nSPS) is 18.4. The van der Waals surface area contributed by atoms with Gasteiger partial charge in [0.05, 0.1) is 5.52 Å². The molecule has 0 bridgehead atoms. The summed E-state index contributed by atoms with van der Waals surface area (Å²) >= 11 is 1.27. The van der Waals surface area contributed by atoms with Crippen LogP contribution < -0.4 is 0 Å². The van der Waals surface area contributed by atoms with E-state index < -0.39 is 0 Å². The van der Waals surface area contributed by atoms with E-state index in [0.717, 1.165) is 16.5 Å². The SMILES string of the molecule is CC(=O)SC1CC(=O)N(Cc2cccc3ncccc23)C1. The Morgan fingerprint density at radius 3 is 3.05 bits per heavy atom. The predicted octanol–water partition coefficient (Wildman–Crippen LogP) is 2.62. The highest BCUT2D eigenvalue weighted by molar-refractivity contribution is 8.14. The Bertz CT molecular complexity index is 696. The average Bonchev–Trinajstić information content (AvgIpc) is 2.78. The number of fused-ring (bicyclic) bond motifs is 1. The fourth-order valence-electron chi connectivity index (χ4n) is 2.71. The monoisotopic (exact) mass is 300 g/mol. The van der Waals surface area contributed by atoms with Crippen molar-refractivity contribution in [3.8, 4) is 0 Å². The summed E-state index contributed by atoms with van der Waals surface area (Å²) in [6.45, 7) is 2.77. The number of hydrogen-bond donors (Lipinski definition) is 0. The van der Waals surface area contributed by atoms with Gasteiger partial charge in [-0.2, -0.15) is 0 Å². The zero-order valence-corrected chi connectivity index (χ0v) is 12.6. The molecule has 0 radical (unpaired) electrons. The van der Waals surface area contributed by atoms with Crippen LogP contribution >= 0.6 is 11.8 Å². The molecule has 1 aliphatic heterocycles. The third-order valence-corrected chi connectivity index (χ3v) is 4.59. The number of amides is 1. The molecular formula is C16H16N2O2S. The van der Waals surface area contributed by atoms with Crippen molar-refractivity contribution in [3.05, 3.63) is 42.1 Å². The molecule has 108 valence electrons. The molecule has 1 fully saturated rings. The number of carbonyl (C=O) groups is 2. The summed E-state index contributed by atoms with van der Waals surface area (Å²) in [4.78, 5) is 29.4. The third kappa shape index (κ3) is 3.08. The molecule has 1 unspecified atom stereocenters. The maximum Gasteiger partial charge on any atom is 0.224 e. The summed E-state index contributed by atoms with van der Waals surface area (Å²) in [6.07, 6.45) is 2.22. The topological polar surface area (TPSA) is 50.3 Å². The van der Waals surface area contributed by atoms with Gasteiger partial charge < -0.3 is 4.90 Å². The average molecular weight is 300 g/mol. The van der Waals surface area contributed by atoms with Crippen LogP contribution in [0.5, 0.6) is 0 Å². The number of pyridine rings is 1. The van der Waals surface area contributed by atoms with E-state index in [1.807, 2.05) is 35.2 Å². The van der Waals surface area contributed by atoms with Gasteiger partial charge in [0, 0.05) is 43.3 Å². The summed E-state index contributed by atoms with van der Waals surface area (Å²) in [5.74, 6) is 0.120. The minimum atomic E-state index is 0.0732. The van der Waals surface area contributed by atoms with Crippen molar-refractivity contribution in [1.82, 2.24) is 9.88 Å². The number of benzene rings is 1. The molecule has 1 aromatic heterocycles. The van der Waals surface area contributed by atoms with E-state index in [9.17, 15) is 9.59 Å². The predicted molar refractivity (Wildman–Crippen MR) is 83.8 cm³/mol. The molecule has 1 amide bonds. The van der Waals surface area contributed by atoms with Gasteiger partial charge in [-0.1, -0.05) is 30.0 Å². The Hall–Kier alpha value is -1.88. The van der Waals surface area contributed by atoms with Gasteiger partial charge >= 0.3 is 0 Å². The van der Waals surface area contributed by atoms with E-state index in [4.69, 9.17) is 0 Å². The Kier molecular flexibility index (Phi) is 3.92. The summed E-state index contributed by atoms with van der Waals surface area (Å²) in [5, 5.41) is 1.24. The quantitative estimate of drug-likeness (QED) is 0.874. The van der Waals surface area contributed by atoms with E-state index >= 15 is 0 Å². The highest BCUT2D eigenvalue weighted by Crippen LogP contribution is 2.27. The fraction of sp³-hybridized carbons (Fsp3) is 0.312. The molecule has 0 saturated carbocycles. The lowest BCUT2D eigenvalue weighted by Crippen LogP contribution is -2.25. The molecule has 5 heteroatoms. The standard InChI is InChI=1S/C16H16N2O2S/c1-11(19)21-13-8-16(20)18(10-13)9-12-4-2-6-15-14(12)5-3-7-17-15/h2-7,13H,8-10H2,1H3. The largest absolute Gasteiger partial charge is 0.337 e. The Labute approximate surface area is 127 Å². The molecule has 1 saturated heterocycles. The number of hydrogen-bond acceptors (Lipinski definition) is 4. The van der Waals surface area contributed by atoms with Gasteiger partial charge in [0.15, 0.2) is 5.12 Å². The first kappa shape index (κ1) is 14.1. The molecule has 0 N–H and O–H groups in total. The van der Waals surface area contributed by atoms with Crippen LogP contribution in [0.25, 0.3) is 10.9 Å². The van der Waals surface area contributed by atoms with E-state index in [-0.39, 0.29) is 16.3 Å². The van der Waals surface area contributed by atoms with Gasteiger partial charge in [0.25, 0.3) is 0 Å². The van der Waals surface area contributed by atoms with Crippen molar-refractivity contribution < 1.29 is 9.59 Å². The van der Waals surface area contributed by atoms with E-state index in [2.05, 4.69) is 4.98 Å². The molecule has 21 heavy (non-hydrogen) atoms. The van der Waals surface area contributed by atoms with Crippen LogP contribution in [0.15, 0.2) is 36.5 Å². The van der Waals surface area contributed by atoms with Gasteiger partial charge in [-0.25, -0.2) is 0 Å². The van der Waals surface area contributed by atoms with Gasteiger partial charge in [-0.15, -0.1) is 0 Å². The molecular weight excluding hydrogens is 284 g/mol. The van der Waals surface area contributed by atoms with Crippen molar-refractivity contribution in [2.24, 2.45) is 0 Å². The van der Waals surface area contributed by atoms with Crippen LogP contribution in [0.2, 0.25) is 0 Å². The lowest BCUT2D eigenvalue weighted by molar-refractivity contribution is -0.128. The first-order chi connectivity index (χ1) is 10.1. The molecule has 2 aromatic rings. The summed E-state index contributed by atoms with van der Waals surface area (Å²) < 4.78 is 0. The van der Waals surface area contributed by atoms with Crippen LogP contribution in [-0.4, -0.2) is 32.7 Å². The summed E-state index contributed by atoms with van der Waals surface area (Å²) in [7, 11) is 0. The van der Waals surface area contributed by atoms with Crippen molar-refractivity contribution in [2.75, 3.05) is 6.54 Å². The lowest BCUT2D eigenvalue weighted by Gasteiger charge is -2.17. The molecule has 1 aromatic carbocycles. The van der Waals surface area contributed by atoms with Crippen molar-refractivity contribution in [3.63, 3.8) is 0 Å². The number of aromatic nitrogens is 1. The number of rotatable bonds is 3. The van der Waals surface area contributed by atoms with E-state index in [1.165, 1.54) is 11.8 Å². The zero-order chi connectivity index (χ0) is 14.8. The van der Waals surface area contributed by atoms with Gasteiger partial charge in [-0.05, 0) is 17.7 Å². The number of carbonyl (C=O) groups excluding carboxylic acids is 2.